The number of anilines is 2. The van der Waals surface area contributed by atoms with Gasteiger partial charge in [0.1, 0.15) is 0 Å². The summed E-state index contributed by atoms with van der Waals surface area (Å²) in [5.74, 6) is -1.62. The van der Waals surface area contributed by atoms with Crippen LogP contribution in [0.2, 0.25) is 5.02 Å². The number of carbonyl (C=O) groups is 2. The number of aliphatic imine (C=N–C) groups is 2. The van der Waals surface area contributed by atoms with Crippen LogP contribution in [0.4, 0.5) is 17.1 Å². The molecule has 0 unspecified atom stereocenters. The van der Waals surface area contributed by atoms with E-state index in [0.29, 0.717) is 5.69 Å². The SMILES string of the molecule is COC(=O)c1ccc(Cl)c(NC(=O)C(=Nc2ccc(N(C)C)cc2C)C2=NCCS(=O)(=O)N2C)c1. The van der Waals surface area contributed by atoms with Crippen molar-refractivity contribution in [1.29, 1.82) is 0 Å². The van der Waals surface area contributed by atoms with Crippen molar-refractivity contribution in [2.45, 2.75) is 6.92 Å². The highest BCUT2D eigenvalue weighted by Gasteiger charge is 2.32. The summed E-state index contributed by atoms with van der Waals surface area (Å²) in [6, 6.07) is 9.74. The minimum absolute atomic E-state index is 0.00849. The van der Waals surface area contributed by atoms with Crippen molar-refractivity contribution in [2.75, 3.05) is 50.8 Å². The van der Waals surface area contributed by atoms with Crippen LogP contribution in [-0.2, 0) is 19.6 Å². The van der Waals surface area contributed by atoms with Gasteiger partial charge in [0.25, 0.3) is 5.91 Å². The van der Waals surface area contributed by atoms with Crippen molar-refractivity contribution >= 4 is 62.1 Å². The van der Waals surface area contributed by atoms with Gasteiger partial charge < -0.3 is 15.0 Å². The van der Waals surface area contributed by atoms with Crippen molar-refractivity contribution in [3.8, 4) is 0 Å². The van der Waals surface area contributed by atoms with E-state index >= 15 is 0 Å². The van der Waals surface area contributed by atoms with Gasteiger partial charge in [-0.15, -0.1) is 0 Å². The molecule has 186 valence electrons. The van der Waals surface area contributed by atoms with Gasteiger partial charge in [-0.3, -0.25) is 14.1 Å². The van der Waals surface area contributed by atoms with Gasteiger partial charge in [0.2, 0.25) is 10.0 Å². The summed E-state index contributed by atoms with van der Waals surface area (Å²) < 4.78 is 30.7. The number of halogens is 1. The van der Waals surface area contributed by atoms with Crippen LogP contribution in [0.25, 0.3) is 0 Å². The van der Waals surface area contributed by atoms with Crippen LogP contribution < -0.4 is 10.2 Å². The molecule has 1 aliphatic rings. The summed E-state index contributed by atoms with van der Waals surface area (Å²) in [5.41, 5.74) is 2.28. The lowest BCUT2D eigenvalue weighted by atomic mass is 10.1. The average molecular weight is 520 g/mol. The fourth-order valence-electron chi connectivity index (χ4n) is 3.27. The van der Waals surface area contributed by atoms with Gasteiger partial charge in [0.05, 0.1) is 41.4 Å². The number of ether oxygens (including phenoxy) is 1. The summed E-state index contributed by atoms with van der Waals surface area (Å²) in [6.45, 7) is 1.83. The van der Waals surface area contributed by atoms with Crippen LogP contribution >= 0.6 is 11.6 Å². The van der Waals surface area contributed by atoms with E-state index in [-0.39, 0.29) is 40.1 Å². The van der Waals surface area contributed by atoms with Crippen LogP contribution in [0, 0.1) is 6.92 Å². The van der Waals surface area contributed by atoms with Gasteiger partial charge in [-0.2, -0.15) is 0 Å². The lowest BCUT2D eigenvalue weighted by Gasteiger charge is -2.25. The molecule has 0 saturated heterocycles. The standard InChI is InChI=1S/C23H26ClN5O5S/c1-14-12-16(28(2)3)7-9-18(14)26-20(21-25-10-11-35(32,33)29(21)4)22(30)27-19-13-15(23(31)34-5)6-8-17(19)24/h6-9,12-13H,10-11H2,1-5H3,(H,27,30). The molecule has 1 amide bonds. The molecule has 2 aromatic rings. The number of methoxy groups -OCH3 is 1. The van der Waals surface area contributed by atoms with E-state index in [2.05, 4.69) is 15.3 Å². The number of amides is 1. The minimum atomic E-state index is -3.66. The maximum absolute atomic E-state index is 13.4. The highest BCUT2D eigenvalue weighted by Crippen LogP contribution is 2.26. The van der Waals surface area contributed by atoms with Gasteiger partial charge in [0, 0.05) is 26.8 Å². The topological polar surface area (TPSA) is 121 Å². The van der Waals surface area contributed by atoms with E-state index in [9.17, 15) is 18.0 Å². The first-order valence-corrected chi connectivity index (χ1v) is 12.5. The van der Waals surface area contributed by atoms with Gasteiger partial charge in [0.15, 0.2) is 11.5 Å². The Morgan fingerprint density at radius 3 is 2.54 bits per heavy atom. The predicted molar refractivity (Wildman–Crippen MR) is 138 cm³/mol. The molecule has 0 spiro atoms. The van der Waals surface area contributed by atoms with Crippen LogP contribution in [-0.4, -0.2) is 76.7 Å². The smallest absolute Gasteiger partial charge is 0.337 e. The molecular weight excluding hydrogens is 494 g/mol. The number of esters is 1. The van der Waals surface area contributed by atoms with Crippen molar-refractivity contribution in [2.24, 2.45) is 9.98 Å². The van der Waals surface area contributed by atoms with E-state index < -0.39 is 21.9 Å². The van der Waals surface area contributed by atoms with Crippen molar-refractivity contribution < 1.29 is 22.7 Å². The zero-order valence-electron chi connectivity index (χ0n) is 20.0. The quantitative estimate of drug-likeness (QED) is 0.462. The Morgan fingerprint density at radius 2 is 1.91 bits per heavy atom. The number of nitrogens with zero attached hydrogens (tertiary/aromatic N) is 4. The van der Waals surface area contributed by atoms with E-state index in [4.69, 9.17) is 16.3 Å². The molecule has 0 aromatic heterocycles. The molecule has 0 atom stereocenters. The molecule has 0 aliphatic carbocycles. The van der Waals surface area contributed by atoms with Gasteiger partial charge in [-0.25, -0.2) is 18.2 Å². The summed E-state index contributed by atoms with van der Waals surface area (Å²) in [7, 11) is 2.70. The zero-order chi connectivity index (χ0) is 25.9. The second-order valence-corrected chi connectivity index (χ2v) is 10.5. The molecule has 0 fully saturated rings. The Hall–Kier alpha value is -3.44. The Bertz CT molecular complexity index is 1340. The van der Waals surface area contributed by atoms with Gasteiger partial charge in [-0.05, 0) is 48.9 Å². The van der Waals surface area contributed by atoms with Crippen molar-refractivity contribution in [3.05, 3.63) is 52.5 Å². The second kappa shape index (κ2) is 10.4. The van der Waals surface area contributed by atoms with Crippen LogP contribution in [0.3, 0.4) is 0 Å². The molecule has 2 aromatic carbocycles. The number of hydrogen-bond donors (Lipinski definition) is 1. The number of sulfonamides is 1. The summed E-state index contributed by atoms with van der Waals surface area (Å²) in [5, 5.41) is 2.79. The molecule has 1 aliphatic heterocycles. The molecule has 35 heavy (non-hydrogen) atoms. The first-order chi connectivity index (χ1) is 16.4. The van der Waals surface area contributed by atoms with E-state index in [1.165, 1.54) is 32.4 Å². The highest BCUT2D eigenvalue weighted by molar-refractivity contribution is 7.89. The Kier molecular flexibility index (Phi) is 7.81. The Morgan fingerprint density at radius 1 is 1.20 bits per heavy atom. The summed E-state index contributed by atoms with van der Waals surface area (Å²) >= 11 is 6.24. The van der Waals surface area contributed by atoms with Crippen LogP contribution in [0.15, 0.2) is 46.4 Å². The third-order valence-electron chi connectivity index (χ3n) is 5.32. The molecule has 10 nitrogen and oxygen atoms in total. The van der Waals surface area contributed by atoms with E-state index in [1.807, 2.05) is 38.1 Å². The first-order valence-electron chi connectivity index (χ1n) is 10.5. The van der Waals surface area contributed by atoms with Crippen LogP contribution in [0.1, 0.15) is 15.9 Å². The van der Waals surface area contributed by atoms with E-state index in [1.54, 1.807) is 6.07 Å². The fourth-order valence-corrected chi connectivity index (χ4v) is 4.44. The van der Waals surface area contributed by atoms with Crippen LogP contribution in [0.5, 0.6) is 0 Å². The molecule has 1 N–H and O–H groups in total. The molecular formula is C23H26ClN5O5S. The number of hydrogen-bond acceptors (Lipinski definition) is 8. The number of aryl methyl sites for hydroxylation is 1. The molecule has 12 heteroatoms. The Balaban J connectivity index is 2.09. The zero-order valence-corrected chi connectivity index (χ0v) is 21.6. The lowest BCUT2D eigenvalue weighted by Crippen LogP contribution is -2.47. The predicted octanol–water partition coefficient (Wildman–Crippen LogP) is 2.89. The monoisotopic (exact) mass is 519 g/mol. The summed E-state index contributed by atoms with van der Waals surface area (Å²) in [6.07, 6.45) is 0. The van der Waals surface area contributed by atoms with Crippen molar-refractivity contribution in [1.82, 2.24) is 4.31 Å². The number of carbonyl (C=O) groups excluding carboxylic acids is 2. The van der Waals surface area contributed by atoms with Crippen molar-refractivity contribution in [3.63, 3.8) is 0 Å². The van der Waals surface area contributed by atoms with Gasteiger partial charge >= 0.3 is 5.97 Å². The molecule has 0 saturated carbocycles. The maximum Gasteiger partial charge on any atom is 0.337 e. The third kappa shape index (κ3) is 5.80. The minimum Gasteiger partial charge on any atom is -0.465 e. The number of benzene rings is 2. The third-order valence-corrected chi connectivity index (χ3v) is 7.35. The maximum atomic E-state index is 13.4. The largest absolute Gasteiger partial charge is 0.465 e. The highest BCUT2D eigenvalue weighted by atomic mass is 35.5. The first kappa shape index (κ1) is 26.2. The van der Waals surface area contributed by atoms with E-state index in [0.717, 1.165) is 15.6 Å². The Labute approximate surface area is 209 Å². The molecule has 0 bridgehead atoms. The molecule has 1 heterocycles. The molecule has 0 radical (unpaired) electrons. The fraction of sp³-hybridized carbons (Fsp3) is 0.304. The second-order valence-electron chi connectivity index (χ2n) is 7.95. The lowest BCUT2D eigenvalue weighted by molar-refractivity contribution is -0.110. The van der Waals surface area contributed by atoms with Gasteiger partial charge in [-0.1, -0.05) is 11.6 Å². The molecule has 3 rings (SSSR count). The number of rotatable bonds is 6. The normalized spacial score (nSPS) is 15.3. The average Bonchev–Trinajstić information content (AvgIpc) is 2.81. The number of nitrogens with one attached hydrogen (secondary N) is 1. The number of amidine groups is 1. The summed E-state index contributed by atoms with van der Waals surface area (Å²) in [4.78, 5) is 36.1.